The van der Waals surface area contributed by atoms with Crippen LogP contribution in [0.4, 0.5) is 0 Å². The number of rotatable bonds is 5. The zero-order valence-corrected chi connectivity index (χ0v) is 17.4. The summed E-state index contributed by atoms with van der Waals surface area (Å²) in [6.45, 7) is 5.16. The van der Waals surface area contributed by atoms with Gasteiger partial charge in [-0.3, -0.25) is 4.79 Å². The van der Waals surface area contributed by atoms with Crippen molar-refractivity contribution in [1.82, 2.24) is 19.3 Å². The molecule has 3 rings (SSSR count). The van der Waals surface area contributed by atoms with E-state index in [1.165, 1.54) is 26.2 Å². The molecule has 1 aromatic heterocycles. The van der Waals surface area contributed by atoms with Crippen LogP contribution in [0.15, 0.2) is 33.7 Å². The molecule has 1 amide bonds. The average molecular weight is 407 g/mol. The van der Waals surface area contributed by atoms with Crippen molar-refractivity contribution >= 4 is 15.9 Å². The van der Waals surface area contributed by atoms with Crippen LogP contribution >= 0.6 is 0 Å². The number of nitrogens with zero attached hydrogens (tertiary/aromatic N) is 4. The van der Waals surface area contributed by atoms with E-state index in [0.717, 1.165) is 17.1 Å². The van der Waals surface area contributed by atoms with Gasteiger partial charge in [-0.2, -0.15) is 4.98 Å². The molecule has 0 saturated carbocycles. The summed E-state index contributed by atoms with van der Waals surface area (Å²) in [7, 11) is -0.558. The van der Waals surface area contributed by atoms with E-state index in [2.05, 4.69) is 10.1 Å². The number of benzene rings is 1. The van der Waals surface area contributed by atoms with Crippen molar-refractivity contribution in [2.24, 2.45) is 0 Å². The molecule has 1 aliphatic heterocycles. The lowest BCUT2D eigenvalue weighted by molar-refractivity contribution is 0.0703. The highest BCUT2D eigenvalue weighted by molar-refractivity contribution is 7.89. The van der Waals surface area contributed by atoms with E-state index in [4.69, 9.17) is 4.52 Å². The Morgan fingerprint density at radius 2 is 1.93 bits per heavy atom. The first-order valence-electron chi connectivity index (χ1n) is 9.35. The summed E-state index contributed by atoms with van der Waals surface area (Å²) in [4.78, 5) is 19.3. The molecule has 28 heavy (non-hydrogen) atoms. The van der Waals surface area contributed by atoms with Gasteiger partial charge in [0.25, 0.3) is 5.91 Å². The van der Waals surface area contributed by atoms with Gasteiger partial charge in [-0.1, -0.05) is 19.0 Å². The minimum atomic E-state index is -3.51. The van der Waals surface area contributed by atoms with E-state index in [9.17, 15) is 13.2 Å². The van der Waals surface area contributed by atoms with Gasteiger partial charge in [0.1, 0.15) is 0 Å². The first-order valence-corrected chi connectivity index (χ1v) is 10.8. The number of likely N-dealkylation sites (tertiary alicyclic amines) is 1. The fraction of sp³-hybridized carbons (Fsp3) is 0.526. The lowest BCUT2D eigenvalue weighted by Crippen LogP contribution is -2.39. The average Bonchev–Trinajstić information content (AvgIpc) is 3.18. The molecule has 0 radical (unpaired) electrons. The Kier molecular flexibility index (Phi) is 5.85. The molecule has 0 bridgehead atoms. The number of aromatic nitrogens is 2. The standard InChI is InChI=1S/C19H26N4O4S/c1-13(2)18-20-17(21-27-18)15-6-5-11-23(12-15)19(24)14-7-9-16(10-8-14)28(25,26)22(3)4/h7-10,13,15H,5-6,11-12H2,1-4H3/t15-/m0/s1. The second kappa shape index (κ2) is 8.00. The zero-order valence-electron chi connectivity index (χ0n) is 16.6. The predicted molar refractivity (Wildman–Crippen MR) is 104 cm³/mol. The van der Waals surface area contributed by atoms with Gasteiger partial charge in [0.05, 0.1) is 4.90 Å². The maximum Gasteiger partial charge on any atom is 0.253 e. The molecule has 0 spiro atoms. The summed E-state index contributed by atoms with van der Waals surface area (Å²) in [6.07, 6.45) is 1.76. The SMILES string of the molecule is CC(C)c1nc([C@H]2CCCN(C(=O)c3ccc(S(=O)(=O)N(C)C)cc3)C2)no1. The number of carbonyl (C=O) groups is 1. The van der Waals surface area contributed by atoms with Crippen LogP contribution < -0.4 is 0 Å². The molecule has 1 atom stereocenters. The first-order chi connectivity index (χ1) is 13.2. The van der Waals surface area contributed by atoms with E-state index in [-0.39, 0.29) is 22.6 Å². The number of hydrogen-bond donors (Lipinski definition) is 0. The molecule has 2 heterocycles. The van der Waals surface area contributed by atoms with Gasteiger partial charge in [-0.15, -0.1) is 0 Å². The first kappa shape index (κ1) is 20.5. The summed E-state index contributed by atoms with van der Waals surface area (Å²) < 4.78 is 30.8. The zero-order chi connectivity index (χ0) is 20.5. The maximum absolute atomic E-state index is 12.9. The smallest absolute Gasteiger partial charge is 0.253 e. The minimum Gasteiger partial charge on any atom is -0.339 e. The lowest BCUT2D eigenvalue weighted by Gasteiger charge is -2.31. The maximum atomic E-state index is 12.9. The molecule has 0 N–H and O–H groups in total. The molecule has 8 nitrogen and oxygen atoms in total. The molecule has 2 aromatic rings. The van der Waals surface area contributed by atoms with E-state index < -0.39 is 10.0 Å². The normalized spacial score (nSPS) is 18.1. The quantitative estimate of drug-likeness (QED) is 0.757. The van der Waals surface area contributed by atoms with E-state index in [1.807, 2.05) is 13.8 Å². The van der Waals surface area contributed by atoms with Crippen molar-refractivity contribution in [3.8, 4) is 0 Å². The van der Waals surface area contributed by atoms with Crippen LogP contribution in [-0.2, 0) is 10.0 Å². The van der Waals surface area contributed by atoms with Crippen molar-refractivity contribution in [2.45, 2.75) is 43.4 Å². The third kappa shape index (κ3) is 4.10. The summed E-state index contributed by atoms with van der Waals surface area (Å²) in [5.74, 6) is 1.35. The van der Waals surface area contributed by atoms with Crippen LogP contribution in [0.2, 0.25) is 0 Å². The Morgan fingerprint density at radius 1 is 1.25 bits per heavy atom. The second-order valence-electron chi connectivity index (χ2n) is 7.55. The minimum absolute atomic E-state index is 0.0438. The largest absolute Gasteiger partial charge is 0.339 e. The molecule has 152 valence electrons. The molecule has 1 aromatic carbocycles. The van der Waals surface area contributed by atoms with Crippen LogP contribution in [0.25, 0.3) is 0 Å². The Hall–Kier alpha value is -2.26. The van der Waals surface area contributed by atoms with Crippen molar-refractivity contribution < 1.29 is 17.7 Å². The molecular weight excluding hydrogens is 380 g/mol. The highest BCUT2D eigenvalue weighted by Crippen LogP contribution is 2.27. The molecule has 0 aliphatic carbocycles. The number of carbonyl (C=O) groups excluding carboxylic acids is 1. The second-order valence-corrected chi connectivity index (χ2v) is 9.70. The Morgan fingerprint density at radius 3 is 2.50 bits per heavy atom. The van der Waals surface area contributed by atoms with Gasteiger partial charge >= 0.3 is 0 Å². The van der Waals surface area contributed by atoms with E-state index in [1.54, 1.807) is 17.0 Å². The molecule has 9 heteroatoms. The molecular formula is C19H26N4O4S. The molecule has 1 saturated heterocycles. The van der Waals surface area contributed by atoms with Gasteiger partial charge in [0, 0.05) is 44.6 Å². The molecule has 1 aliphatic rings. The summed E-state index contributed by atoms with van der Waals surface area (Å²) in [6, 6.07) is 6.07. The lowest BCUT2D eigenvalue weighted by atomic mass is 9.96. The van der Waals surface area contributed by atoms with E-state index in [0.29, 0.717) is 30.4 Å². The van der Waals surface area contributed by atoms with Gasteiger partial charge < -0.3 is 9.42 Å². The van der Waals surface area contributed by atoms with Crippen molar-refractivity contribution in [3.63, 3.8) is 0 Å². The highest BCUT2D eigenvalue weighted by Gasteiger charge is 2.29. The van der Waals surface area contributed by atoms with Gasteiger partial charge in [0.15, 0.2) is 5.82 Å². The van der Waals surface area contributed by atoms with Crippen molar-refractivity contribution in [2.75, 3.05) is 27.2 Å². The van der Waals surface area contributed by atoms with Crippen LogP contribution in [0.1, 0.15) is 60.6 Å². The Bertz CT molecular complexity index is 935. The number of hydrogen-bond acceptors (Lipinski definition) is 6. The number of piperidine rings is 1. The molecule has 0 unspecified atom stereocenters. The summed E-state index contributed by atoms with van der Waals surface area (Å²) in [5.41, 5.74) is 0.467. The summed E-state index contributed by atoms with van der Waals surface area (Å²) >= 11 is 0. The van der Waals surface area contributed by atoms with Crippen molar-refractivity contribution in [3.05, 3.63) is 41.5 Å². The Labute approximate surface area is 165 Å². The van der Waals surface area contributed by atoms with Gasteiger partial charge in [0.2, 0.25) is 15.9 Å². The number of sulfonamides is 1. The third-order valence-electron chi connectivity index (χ3n) is 4.90. The van der Waals surface area contributed by atoms with Gasteiger partial charge in [-0.05, 0) is 37.1 Å². The number of amides is 1. The monoisotopic (exact) mass is 406 g/mol. The Balaban J connectivity index is 1.73. The van der Waals surface area contributed by atoms with Crippen LogP contribution in [0, 0.1) is 0 Å². The summed E-state index contributed by atoms with van der Waals surface area (Å²) in [5, 5.41) is 4.09. The van der Waals surface area contributed by atoms with Gasteiger partial charge in [-0.25, -0.2) is 12.7 Å². The fourth-order valence-electron chi connectivity index (χ4n) is 3.18. The third-order valence-corrected chi connectivity index (χ3v) is 6.73. The predicted octanol–water partition coefficient (Wildman–Crippen LogP) is 2.46. The topological polar surface area (TPSA) is 96.6 Å². The van der Waals surface area contributed by atoms with Crippen LogP contribution in [-0.4, -0.2) is 60.9 Å². The van der Waals surface area contributed by atoms with Crippen LogP contribution in [0.3, 0.4) is 0 Å². The van der Waals surface area contributed by atoms with Crippen molar-refractivity contribution in [1.29, 1.82) is 0 Å². The highest BCUT2D eigenvalue weighted by atomic mass is 32.2. The van der Waals surface area contributed by atoms with E-state index >= 15 is 0 Å². The van der Waals surface area contributed by atoms with Crippen LogP contribution in [0.5, 0.6) is 0 Å². The molecule has 1 fully saturated rings. The fourth-order valence-corrected chi connectivity index (χ4v) is 4.08.